The van der Waals surface area contributed by atoms with Crippen LogP contribution in [0.15, 0.2) is 16.8 Å². The summed E-state index contributed by atoms with van der Waals surface area (Å²) in [6.45, 7) is 3.01. The molecule has 2 heterocycles. The second-order valence-electron chi connectivity index (χ2n) is 4.92. The summed E-state index contributed by atoms with van der Waals surface area (Å²) in [6.07, 6.45) is 1.70. The van der Waals surface area contributed by atoms with E-state index in [9.17, 15) is 13.2 Å². The number of rotatable bonds is 6. The van der Waals surface area contributed by atoms with Gasteiger partial charge >= 0.3 is 0 Å². The monoisotopic (exact) mass is 316 g/mol. The third-order valence-electron chi connectivity index (χ3n) is 3.49. The fourth-order valence-corrected chi connectivity index (χ4v) is 4.50. The third-order valence-corrected chi connectivity index (χ3v) is 6.18. The molecule has 20 heavy (non-hydrogen) atoms. The summed E-state index contributed by atoms with van der Waals surface area (Å²) in [5.74, 6) is 0.0467. The zero-order valence-corrected chi connectivity index (χ0v) is 13.2. The van der Waals surface area contributed by atoms with E-state index < -0.39 is 15.3 Å². The molecule has 0 radical (unpaired) electrons. The fourth-order valence-electron chi connectivity index (χ4n) is 2.37. The van der Waals surface area contributed by atoms with Gasteiger partial charge < -0.3 is 4.90 Å². The first kappa shape index (κ1) is 15.5. The minimum atomic E-state index is -3.28. The average molecular weight is 316 g/mol. The van der Waals surface area contributed by atoms with Gasteiger partial charge in [0.15, 0.2) is 0 Å². The maximum atomic E-state index is 12.1. The van der Waals surface area contributed by atoms with E-state index in [1.165, 1.54) is 5.56 Å². The van der Waals surface area contributed by atoms with Gasteiger partial charge in [-0.25, -0.2) is 13.1 Å². The molecule has 0 saturated carbocycles. The maximum Gasteiger partial charge on any atom is 0.222 e. The van der Waals surface area contributed by atoms with Crippen molar-refractivity contribution in [3.05, 3.63) is 22.4 Å². The summed E-state index contributed by atoms with van der Waals surface area (Å²) in [5, 5.41) is 3.57. The standard InChI is InChI=1S/C13H20N2O3S2/c1-2-14-20(17,18)12-5-7-15(9-12)13(16)4-3-11-6-8-19-10-11/h6,8,10,12,14H,2-5,7,9H2,1H3/t12-/m0/s1. The van der Waals surface area contributed by atoms with E-state index in [0.717, 1.165) is 6.42 Å². The quantitative estimate of drug-likeness (QED) is 0.858. The van der Waals surface area contributed by atoms with Crippen molar-refractivity contribution in [1.82, 2.24) is 9.62 Å². The molecule has 1 atom stereocenters. The molecule has 2 rings (SSSR count). The SMILES string of the molecule is CCNS(=O)(=O)[C@H]1CCN(C(=O)CCc2ccsc2)C1. The Labute approximate surface area is 124 Å². The number of aryl methyl sites for hydroxylation is 1. The summed E-state index contributed by atoms with van der Waals surface area (Å²) in [6, 6.07) is 2.01. The summed E-state index contributed by atoms with van der Waals surface area (Å²) >= 11 is 1.62. The molecule has 1 N–H and O–H groups in total. The molecule has 1 amide bonds. The van der Waals surface area contributed by atoms with Gasteiger partial charge in [-0.3, -0.25) is 4.79 Å². The lowest BCUT2D eigenvalue weighted by Crippen LogP contribution is -2.37. The molecule has 112 valence electrons. The Hall–Kier alpha value is -0.920. The number of carbonyl (C=O) groups excluding carboxylic acids is 1. The van der Waals surface area contributed by atoms with Crippen molar-refractivity contribution in [2.24, 2.45) is 0 Å². The van der Waals surface area contributed by atoms with E-state index in [1.54, 1.807) is 23.2 Å². The highest BCUT2D eigenvalue weighted by molar-refractivity contribution is 7.90. The van der Waals surface area contributed by atoms with Crippen LogP contribution in [0, 0.1) is 0 Å². The van der Waals surface area contributed by atoms with Gasteiger partial charge in [-0.1, -0.05) is 6.92 Å². The molecule has 1 fully saturated rings. The minimum Gasteiger partial charge on any atom is -0.341 e. The van der Waals surface area contributed by atoms with Gasteiger partial charge in [-0.2, -0.15) is 11.3 Å². The summed E-state index contributed by atoms with van der Waals surface area (Å²) in [4.78, 5) is 13.8. The van der Waals surface area contributed by atoms with E-state index in [0.29, 0.717) is 32.5 Å². The number of amides is 1. The lowest BCUT2D eigenvalue weighted by Gasteiger charge is -2.16. The number of carbonyl (C=O) groups is 1. The van der Waals surface area contributed by atoms with Crippen molar-refractivity contribution in [3.8, 4) is 0 Å². The number of hydrogen-bond acceptors (Lipinski definition) is 4. The molecule has 1 saturated heterocycles. The summed E-state index contributed by atoms with van der Waals surface area (Å²) in [5.41, 5.74) is 1.17. The van der Waals surface area contributed by atoms with Gasteiger partial charge in [0.05, 0.1) is 5.25 Å². The average Bonchev–Trinajstić information content (AvgIpc) is 3.07. The highest BCUT2D eigenvalue weighted by atomic mass is 32.2. The Kier molecular flexibility index (Phi) is 5.17. The predicted octanol–water partition coefficient (Wildman–Crippen LogP) is 1.22. The van der Waals surface area contributed by atoms with Crippen LogP contribution in [0.2, 0.25) is 0 Å². The van der Waals surface area contributed by atoms with Crippen LogP contribution in [-0.2, 0) is 21.2 Å². The second-order valence-corrected chi connectivity index (χ2v) is 7.75. The van der Waals surface area contributed by atoms with Crippen molar-refractivity contribution < 1.29 is 13.2 Å². The van der Waals surface area contributed by atoms with Gasteiger partial charge in [0, 0.05) is 26.1 Å². The Bertz CT molecular complexity index is 540. The van der Waals surface area contributed by atoms with Crippen LogP contribution >= 0.6 is 11.3 Å². The number of nitrogens with one attached hydrogen (secondary N) is 1. The first-order chi connectivity index (χ1) is 9.53. The smallest absolute Gasteiger partial charge is 0.222 e. The van der Waals surface area contributed by atoms with Crippen molar-refractivity contribution >= 4 is 27.3 Å². The predicted molar refractivity (Wildman–Crippen MR) is 80.2 cm³/mol. The molecule has 0 aromatic carbocycles. The van der Waals surface area contributed by atoms with Gasteiger partial charge in [-0.05, 0) is 35.2 Å². The van der Waals surface area contributed by atoms with Crippen molar-refractivity contribution in [2.75, 3.05) is 19.6 Å². The molecule has 5 nitrogen and oxygen atoms in total. The van der Waals surface area contributed by atoms with E-state index in [-0.39, 0.29) is 5.91 Å². The number of sulfonamides is 1. The molecule has 0 bridgehead atoms. The Morgan fingerprint density at radius 2 is 2.35 bits per heavy atom. The van der Waals surface area contributed by atoms with E-state index in [4.69, 9.17) is 0 Å². The largest absolute Gasteiger partial charge is 0.341 e. The number of thiophene rings is 1. The molecule has 7 heteroatoms. The number of hydrogen-bond donors (Lipinski definition) is 1. The van der Waals surface area contributed by atoms with Crippen LogP contribution in [0.5, 0.6) is 0 Å². The van der Waals surface area contributed by atoms with Crippen LogP contribution in [0.1, 0.15) is 25.3 Å². The van der Waals surface area contributed by atoms with Gasteiger partial charge in [-0.15, -0.1) is 0 Å². The van der Waals surface area contributed by atoms with Crippen LogP contribution in [0.4, 0.5) is 0 Å². The fraction of sp³-hybridized carbons (Fsp3) is 0.615. The maximum absolute atomic E-state index is 12.1. The van der Waals surface area contributed by atoms with Crippen molar-refractivity contribution in [1.29, 1.82) is 0 Å². The highest BCUT2D eigenvalue weighted by Gasteiger charge is 2.34. The lowest BCUT2D eigenvalue weighted by molar-refractivity contribution is -0.130. The second kappa shape index (κ2) is 6.69. The molecule has 0 spiro atoms. The number of nitrogens with zero attached hydrogens (tertiary/aromatic N) is 1. The van der Waals surface area contributed by atoms with Gasteiger partial charge in [0.1, 0.15) is 0 Å². The third kappa shape index (κ3) is 3.80. The van der Waals surface area contributed by atoms with Gasteiger partial charge in [0.25, 0.3) is 0 Å². The van der Waals surface area contributed by atoms with Crippen LogP contribution in [0.3, 0.4) is 0 Å². The van der Waals surface area contributed by atoms with Gasteiger partial charge in [0.2, 0.25) is 15.9 Å². The van der Waals surface area contributed by atoms with Crippen LogP contribution in [0.25, 0.3) is 0 Å². The normalized spacial score (nSPS) is 19.4. The lowest BCUT2D eigenvalue weighted by atomic mass is 10.2. The topological polar surface area (TPSA) is 66.5 Å². The summed E-state index contributed by atoms with van der Waals surface area (Å²) in [7, 11) is -3.28. The Morgan fingerprint density at radius 3 is 3.00 bits per heavy atom. The van der Waals surface area contributed by atoms with Crippen molar-refractivity contribution in [3.63, 3.8) is 0 Å². The minimum absolute atomic E-state index is 0.0467. The van der Waals surface area contributed by atoms with E-state index in [2.05, 4.69) is 4.72 Å². The van der Waals surface area contributed by atoms with Crippen LogP contribution in [-0.4, -0.2) is 44.1 Å². The molecule has 1 aromatic rings. The molecule has 1 aliphatic rings. The Balaban J connectivity index is 1.84. The molecule has 0 unspecified atom stereocenters. The summed E-state index contributed by atoms with van der Waals surface area (Å²) < 4.78 is 26.3. The molecule has 1 aromatic heterocycles. The van der Waals surface area contributed by atoms with Crippen LogP contribution < -0.4 is 4.72 Å². The number of likely N-dealkylation sites (tertiary alicyclic amines) is 1. The van der Waals surface area contributed by atoms with E-state index in [1.807, 2.05) is 16.8 Å². The highest BCUT2D eigenvalue weighted by Crippen LogP contribution is 2.18. The first-order valence-corrected chi connectivity index (χ1v) is 9.29. The first-order valence-electron chi connectivity index (χ1n) is 6.80. The van der Waals surface area contributed by atoms with Crippen molar-refractivity contribution in [2.45, 2.75) is 31.4 Å². The molecule has 1 aliphatic heterocycles. The zero-order chi connectivity index (χ0) is 14.6. The molecular formula is C13H20N2O3S2. The zero-order valence-electron chi connectivity index (χ0n) is 11.5. The Morgan fingerprint density at radius 1 is 1.55 bits per heavy atom. The molecule has 0 aliphatic carbocycles. The molecular weight excluding hydrogens is 296 g/mol. The van der Waals surface area contributed by atoms with E-state index >= 15 is 0 Å².